The highest BCUT2D eigenvalue weighted by Crippen LogP contribution is 2.07. The maximum atomic E-state index is 12.5. The first-order valence-corrected chi connectivity index (χ1v) is 4.25. The first-order chi connectivity index (χ1) is 6.09. The third kappa shape index (κ3) is 2.99. The summed E-state index contributed by atoms with van der Waals surface area (Å²) in [5.74, 6) is -0.215. The molecule has 1 aromatic carbocycles. The van der Waals surface area contributed by atoms with Crippen molar-refractivity contribution < 1.29 is 4.39 Å². The summed E-state index contributed by atoms with van der Waals surface area (Å²) in [6.45, 7) is 5.67. The van der Waals surface area contributed by atoms with Crippen molar-refractivity contribution in [2.75, 3.05) is 0 Å². The van der Waals surface area contributed by atoms with Crippen molar-refractivity contribution in [1.29, 1.82) is 0 Å². The predicted molar refractivity (Wildman–Crippen MR) is 52.9 cm³/mol. The molecule has 0 bridgehead atoms. The number of hydrogen-bond donors (Lipinski definition) is 1. The number of hydrogen-bond acceptors (Lipinski definition) is 1. The SMILES string of the molecule is C=C(C)[C@H](N)Cc1ccc(F)cc1. The van der Waals surface area contributed by atoms with Gasteiger partial charge in [0.1, 0.15) is 5.82 Å². The Balaban J connectivity index is 2.64. The maximum Gasteiger partial charge on any atom is 0.123 e. The summed E-state index contributed by atoms with van der Waals surface area (Å²) in [6, 6.07) is 6.35. The first kappa shape index (κ1) is 9.93. The number of rotatable bonds is 3. The van der Waals surface area contributed by atoms with Crippen molar-refractivity contribution in [1.82, 2.24) is 0 Å². The Labute approximate surface area is 78.1 Å². The molecule has 0 amide bonds. The van der Waals surface area contributed by atoms with Gasteiger partial charge in [0, 0.05) is 6.04 Å². The van der Waals surface area contributed by atoms with Crippen molar-refractivity contribution >= 4 is 0 Å². The highest BCUT2D eigenvalue weighted by Gasteiger charge is 2.03. The molecule has 70 valence electrons. The highest BCUT2D eigenvalue weighted by molar-refractivity contribution is 5.19. The zero-order valence-electron chi connectivity index (χ0n) is 7.76. The van der Waals surface area contributed by atoms with Crippen LogP contribution in [0.3, 0.4) is 0 Å². The summed E-state index contributed by atoms with van der Waals surface area (Å²) in [4.78, 5) is 0. The molecule has 1 aromatic rings. The molecule has 0 saturated carbocycles. The number of benzene rings is 1. The lowest BCUT2D eigenvalue weighted by Gasteiger charge is -2.10. The van der Waals surface area contributed by atoms with Gasteiger partial charge in [0.05, 0.1) is 0 Å². The van der Waals surface area contributed by atoms with Crippen LogP contribution >= 0.6 is 0 Å². The minimum atomic E-state index is -0.215. The van der Waals surface area contributed by atoms with E-state index in [-0.39, 0.29) is 11.9 Å². The smallest absolute Gasteiger partial charge is 0.123 e. The summed E-state index contributed by atoms with van der Waals surface area (Å²) < 4.78 is 12.5. The Morgan fingerprint density at radius 3 is 2.46 bits per heavy atom. The molecule has 1 atom stereocenters. The van der Waals surface area contributed by atoms with Crippen LogP contribution in [0.15, 0.2) is 36.4 Å². The minimum Gasteiger partial charge on any atom is -0.324 e. The van der Waals surface area contributed by atoms with Gasteiger partial charge in [-0.15, -0.1) is 0 Å². The van der Waals surface area contributed by atoms with Gasteiger partial charge < -0.3 is 5.73 Å². The molecule has 0 saturated heterocycles. The van der Waals surface area contributed by atoms with E-state index in [0.717, 1.165) is 17.6 Å². The summed E-state index contributed by atoms with van der Waals surface area (Å²) in [5, 5.41) is 0. The standard InChI is InChI=1S/C11H14FN/c1-8(2)11(13)7-9-3-5-10(12)6-4-9/h3-6,11H,1,7,13H2,2H3/t11-/m1/s1. The van der Waals surface area contributed by atoms with Crippen LogP contribution < -0.4 is 5.73 Å². The predicted octanol–water partition coefficient (Wildman–Crippen LogP) is 2.27. The summed E-state index contributed by atoms with van der Waals surface area (Å²) >= 11 is 0. The van der Waals surface area contributed by atoms with Gasteiger partial charge >= 0.3 is 0 Å². The molecule has 0 aromatic heterocycles. The highest BCUT2D eigenvalue weighted by atomic mass is 19.1. The van der Waals surface area contributed by atoms with Crippen molar-refractivity contribution in [3.05, 3.63) is 47.8 Å². The molecule has 0 aliphatic carbocycles. The average molecular weight is 179 g/mol. The van der Waals surface area contributed by atoms with Gasteiger partial charge in [-0.3, -0.25) is 0 Å². The second kappa shape index (κ2) is 4.19. The van der Waals surface area contributed by atoms with E-state index in [4.69, 9.17) is 5.73 Å². The van der Waals surface area contributed by atoms with Crippen LogP contribution in [0.2, 0.25) is 0 Å². The molecule has 0 spiro atoms. The lowest BCUT2D eigenvalue weighted by atomic mass is 10.0. The lowest BCUT2D eigenvalue weighted by Crippen LogP contribution is -2.23. The fourth-order valence-electron chi connectivity index (χ4n) is 1.05. The first-order valence-electron chi connectivity index (χ1n) is 4.25. The van der Waals surface area contributed by atoms with Crippen LogP contribution in [0.5, 0.6) is 0 Å². The van der Waals surface area contributed by atoms with Crippen molar-refractivity contribution in [2.45, 2.75) is 19.4 Å². The average Bonchev–Trinajstić information content (AvgIpc) is 2.08. The molecule has 1 nitrogen and oxygen atoms in total. The second-order valence-electron chi connectivity index (χ2n) is 3.28. The summed E-state index contributed by atoms with van der Waals surface area (Å²) in [6.07, 6.45) is 0.718. The normalized spacial score (nSPS) is 12.5. The Bertz CT molecular complexity index is 289. The van der Waals surface area contributed by atoms with E-state index in [1.807, 2.05) is 6.92 Å². The van der Waals surface area contributed by atoms with Crippen LogP contribution in [0.4, 0.5) is 4.39 Å². The van der Waals surface area contributed by atoms with Crippen molar-refractivity contribution in [3.63, 3.8) is 0 Å². The van der Waals surface area contributed by atoms with Crippen LogP contribution in [0.1, 0.15) is 12.5 Å². The van der Waals surface area contributed by atoms with Gasteiger partial charge in [-0.25, -0.2) is 4.39 Å². The van der Waals surface area contributed by atoms with Gasteiger partial charge in [-0.2, -0.15) is 0 Å². The molecule has 0 heterocycles. The van der Waals surface area contributed by atoms with E-state index in [0.29, 0.717) is 0 Å². The fraction of sp³-hybridized carbons (Fsp3) is 0.273. The summed E-state index contributed by atoms with van der Waals surface area (Å²) in [5.41, 5.74) is 7.78. The zero-order valence-corrected chi connectivity index (χ0v) is 7.76. The van der Waals surface area contributed by atoms with Gasteiger partial charge in [-0.1, -0.05) is 24.3 Å². The van der Waals surface area contributed by atoms with Gasteiger partial charge in [-0.05, 0) is 31.0 Å². The fourth-order valence-corrected chi connectivity index (χ4v) is 1.05. The quantitative estimate of drug-likeness (QED) is 0.708. The molecule has 0 fully saturated rings. The van der Waals surface area contributed by atoms with E-state index in [1.54, 1.807) is 12.1 Å². The third-order valence-electron chi connectivity index (χ3n) is 2.00. The molecule has 2 N–H and O–H groups in total. The molecule has 0 radical (unpaired) electrons. The zero-order chi connectivity index (χ0) is 9.84. The van der Waals surface area contributed by atoms with Crippen LogP contribution in [0.25, 0.3) is 0 Å². The van der Waals surface area contributed by atoms with Gasteiger partial charge in [0.15, 0.2) is 0 Å². The van der Waals surface area contributed by atoms with E-state index >= 15 is 0 Å². The van der Waals surface area contributed by atoms with Crippen molar-refractivity contribution in [3.8, 4) is 0 Å². The monoisotopic (exact) mass is 179 g/mol. The summed E-state index contributed by atoms with van der Waals surface area (Å²) in [7, 11) is 0. The topological polar surface area (TPSA) is 26.0 Å². The molecule has 13 heavy (non-hydrogen) atoms. The van der Waals surface area contributed by atoms with Gasteiger partial charge in [0.25, 0.3) is 0 Å². The molecule has 0 aliphatic rings. The van der Waals surface area contributed by atoms with E-state index in [1.165, 1.54) is 12.1 Å². The maximum absolute atomic E-state index is 12.5. The molecule has 0 aliphatic heterocycles. The largest absolute Gasteiger partial charge is 0.324 e. The van der Waals surface area contributed by atoms with E-state index in [9.17, 15) is 4.39 Å². The second-order valence-corrected chi connectivity index (χ2v) is 3.28. The molecule has 1 rings (SSSR count). The van der Waals surface area contributed by atoms with Crippen LogP contribution in [-0.4, -0.2) is 6.04 Å². The Hall–Kier alpha value is -1.15. The molecule has 0 unspecified atom stereocenters. The van der Waals surface area contributed by atoms with Crippen LogP contribution in [-0.2, 0) is 6.42 Å². The third-order valence-corrected chi connectivity index (χ3v) is 2.00. The molecule has 2 heteroatoms. The van der Waals surface area contributed by atoms with Gasteiger partial charge in [0.2, 0.25) is 0 Å². The minimum absolute atomic E-state index is 0.0366. The van der Waals surface area contributed by atoms with E-state index < -0.39 is 0 Å². The van der Waals surface area contributed by atoms with Crippen molar-refractivity contribution in [2.24, 2.45) is 5.73 Å². The Morgan fingerprint density at radius 2 is 2.00 bits per heavy atom. The molecular weight excluding hydrogens is 165 g/mol. The number of halogens is 1. The van der Waals surface area contributed by atoms with E-state index in [2.05, 4.69) is 6.58 Å². The lowest BCUT2D eigenvalue weighted by molar-refractivity contribution is 0.626. The van der Waals surface area contributed by atoms with Crippen LogP contribution in [0, 0.1) is 5.82 Å². The molecular formula is C11H14FN. The Kier molecular flexibility index (Phi) is 3.20. The Morgan fingerprint density at radius 1 is 1.46 bits per heavy atom. The number of nitrogens with two attached hydrogens (primary N) is 1.